The van der Waals surface area contributed by atoms with Crippen LogP contribution in [0, 0.1) is 13.8 Å². The quantitative estimate of drug-likeness (QED) is 0.747. The van der Waals surface area contributed by atoms with E-state index in [4.69, 9.17) is 0 Å². The maximum absolute atomic E-state index is 12.3. The van der Waals surface area contributed by atoms with E-state index in [1.165, 1.54) is 0 Å². The number of para-hydroxylation sites is 1. The maximum atomic E-state index is 12.3. The molecule has 1 N–H and O–H groups in total. The number of aryl methyl sites for hydroxylation is 1. The topological polar surface area (TPSA) is 59.8 Å². The molecule has 2 heterocycles. The van der Waals surface area contributed by atoms with Crippen LogP contribution in [-0.4, -0.2) is 20.7 Å². The van der Waals surface area contributed by atoms with E-state index in [0.29, 0.717) is 12.1 Å². The molecule has 6 heteroatoms. The lowest BCUT2D eigenvalue weighted by molar-refractivity contribution is 0.0950. The van der Waals surface area contributed by atoms with Crippen molar-refractivity contribution in [1.82, 2.24) is 20.1 Å². The molecule has 0 unspecified atom stereocenters. The molecule has 1 amide bonds. The largest absolute Gasteiger partial charge is 0.348 e. The van der Waals surface area contributed by atoms with Crippen molar-refractivity contribution in [3.8, 4) is 5.69 Å². The molecule has 0 aliphatic carbocycles. The number of aromatic nitrogens is 3. The summed E-state index contributed by atoms with van der Waals surface area (Å²) in [5, 5.41) is 7.53. The van der Waals surface area contributed by atoms with Crippen molar-refractivity contribution in [3.63, 3.8) is 0 Å². The van der Waals surface area contributed by atoms with E-state index in [9.17, 15) is 4.79 Å². The third kappa shape index (κ3) is 3.38. The molecule has 122 valence electrons. The Morgan fingerprint density at radius 1 is 1.21 bits per heavy atom. The van der Waals surface area contributed by atoms with Gasteiger partial charge in [0.05, 0.1) is 16.9 Å². The van der Waals surface area contributed by atoms with Gasteiger partial charge in [-0.3, -0.25) is 9.78 Å². The standard InChI is InChI=1S/C18H17BrN4O/c1-12-17(11-21-18(24)14-8-15(19)10-20-9-14)13(2)23(22-12)16-6-4-3-5-7-16/h3-10H,11H2,1-2H3,(H,21,24). The summed E-state index contributed by atoms with van der Waals surface area (Å²) in [4.78, 5) is 16.3. The Bertz CT molecular complexity index is 874. The predicted molar refractivity (Wildman–Crippen MR) is 96.1 cm³/mol. The van der Waals surface area contributed by atoms with Gasteiger partial charge < -0.3 is 5.32 Å². The summed E-state index contributed by atoms with van der Waals surface area (Å²) < 4.78 is 2.68. The van der Waals surface area contributed by atoms with Gasteiger partial charge in [-0.2, -0.15) is 5.10 Å². The molecule has 2 aromatic heterocycles. The smallest absolute Gasteiger partial charge is 0.253 e. The zero-order chi connectivity index (χ0) is 17.1. The van der Waals surface area contributed by atoms with Crippen LogP contribution in [0.3, 0.4) is 0 Å². The molecule has 0 saturated heterocycles. The van der Waals surface area contributed by atoms with E-state index >= 15 is 0 Å². The zero-order valence-corrected chi connectivity index (χ0v) is 15.0. The number of amides is 1. The van der Waals surface area contributed by atoms with E-state index in [-0.39, 0.29) is 5.91 Å². The zero-order valence-electron chi connectivity index (χ0n) is 13.5. The molecule has 0 spiro atoms. The molecule has 0 saturated carbocycles. The van der Waals surface area contributed by atoms with Crippen LogP contribution in [-0.2, 0) is 6.54 Å². The fraction of sp³-hybridized carbons (Fsp3) is 0.167. The van der Waals surface area contributed by atoms with Crippen molar-refractivity contribution >= 4 is 21.8 Å². The second kappa shape index (κ2) is 6.97. The van der Waals surface area contributed by atoms with Crippen LogP contribution in [0.25, 0.3) is 5.69 Å². The third-order valence-electron chi connectivity index (χ3n) is 3.83. The molecular weight excluding hydrogens is 368 g/mol. The normalized spacial score (nSPS) is 10.6. The molecule has 3 rings (SSSR count). The van der Waals surface area contributed by atoms with E-state index in [1.807, 2.05) is 48.9 Å². The lowest BCUT2D eigenvalue weighted by Gasteiger charge is -2.07. The second-order valence-corrected chi connectivity index (χ2v) is 6.39. The lowest BCUT2D eigenvalue weighted by atomic mass is 10.2. The van der Waals surface area contributed by atoms with Gasteiger partial charge in [-0.25, -0.2) is 4.68 Å². The second-order valence-electron chi connectivity index (χ2n) is 5.47. The Morgan fingerprint density at radius 3 is 2.67 bits per heavy atom. The van der Waals surface area contributed by atoms with Crippen LogP contribution in [0.1, 0.15) is 27.3 Å². The molecule has 0 radical (unpaired) electrons. The summed E-state index contributed by atoms with van der Waals surface area (Å²) in [6.07, 6.45) is 3.20. The Hall–Kier alpha value is -2.47. The van der Waals surface area contributed by atoms with Gasteiger partial charge in [0.1, 0.15) is 0 Å². The number of halogens is 1. The summed E-state index contributed by atoms with van der Waals surface area (Å²) in [6, 6.07) is 11.7. The van der Waals surface area contributed by atoms with Crippen molar-refractivity contribution in [2.45, 2.75) is 20.4 Å². The number of carbonyl (C=O) groups is 1. The molecule has 0 bridgehead atoms. The number of benzene rings is 1. The molecule has 24 heavy (non-hydrogen) atoms. The highest BCUT2D eigenvalue weighted by molar-refractivity contribution is 9.10. The van der Waals surface area contributed by atoms with E-state index < -0.39 is 0 Å². The van der Waals surface area contributed by atoms with Crippen LogP contribution in [0.2, 0.25) is 0 Å². The number of pyridine rings is 1. The number of rotatable bonds is 4. The highest BCUT2D eigenvalue weighted by atomic mass is 79.9. The monoisotopic (exact) mass is 384 g/mol. The number of hydrogen-bond acceptors (Lipinski definition) is 3. The van der Waals surface area contributed by atoms with Crippen LogP contribution < -0.4 is 5.32 Å². The number of nitrogens with zero attached hydrogens (tertiary/aromatic N) is 3. The van der Waals surface area contributed by atoms with Gasteiger partial charge in [-0.15, -0.1) is 0 Å². The van der Waals surface area contributed by atoms with Crippen LogP contribution in [0.5, 0.6) is 0 Å². The highest BCUT2D eigenvalue weighted by Gasteiger charge is 2.14. The van der Waals surface area contributed by atoms with Gasteiger partial charge in [0.2, 0.25) is 0 Å². The maximum Gasteiger partial charge on any atom is 0.253 e. The van der Waals surface area contributed by atoms with Crippen molar-refractivity contribution in [2.24, 2.45) is 0 Å². The van der Waals surface area contributed by atoms with Crippen LogP contribution in [0.15, 0.2) is 53.3 Å². The van der Waals surface area contributed by atoms with Gasteiger partial charge in [-0.1, -0.05) is 18.2 Å². The van der Waals surface area contributed by atoms with Gasteiger partial charge >= 0.3 is 0 Å². The fourth-order valence-electron chi connectivity index (χ4n) is 2.56. The van der Waals surface area contributed by atoms with Gasteiger partial charge in [0, 0.05) is 34.7 Å². The SMILES string of the molecule is Cc1nn(-c2ccccc2)c(C)c1CNC(=O)c1cncc(Br)c1. The highest BCUT2D eigenvalue weighted by Crippen LogP contribution is 2.18. The Kier molecular flexibility index (Phi) is 4.76. The summed E-state index contributed by atoms with van der Waals surface area (Å²) >= 11 is 3.32. The average Bonchev–Trinajstić information content (AvgIpc) is 2.88. The number of hydrogen-bond donors (Lipinski definition) is 1. The molecule has 5 nitrogen and oxygen atoms in total. The lowest BCUT2D eigenvalue weighted by Crippen LogP contribution is -2.23. The Balaban J connectivity index is 1.79. The van der Waals surface area contributed by atoms with Crippen molar-refractivity contribution in [2.75, 3.05) is 0 Å². The molecule has 0 atom stereocenters. The molecule has 1 aromatic carbocycles. The minimum atomic E-state index is -0.157. The van der Waals surface area contributed by atoms with Crippen molar-refractivity contribution < 1.29 is 4.79 Å². The van der Waals surface area contributed by atoms with E-state index in [1.54, 1.807) is 18.5 Å². The molecule has 3 aromatic rings. The van der Waals surface area contributed by atoms with Crippen molar-refractivity contribution in [1.29, 1.82) is 0 Å². The Labute approximate surface area is 148 Å². The van der Waals surface area contributed by atoms with Crippen LogP contribution in [0.4, 0.5) is 0 Å². The predicted octanol–water partition coefficient (Wildman–Crippen LogP) is 3.58. The summed E-state index contributed by atoms with van der Waals surface area (Å²) in [6.45, 7) is 4.39. The van der Waals surface area contributed by atoms with E-state index in [2.05, 4.69) is 31.3 Å². The summed E-state index contributed by atoms with van der Waals surface area (Å²) in [5.74, 6) is -0.157. The minimum absolute atomic E-state index is 0.157. The van der Waals surface area contributed by atoms with Gasteiger partial charge in [0.15, 0.2) is 0 Å². The molecule has 0 aliphatic rings. The first-order valence-corrected chi connectivity index (χ1v) is 8.35. The summed E-state index contributed by atoms with van der Waals surface area (Å²) in [5.41, 5.74) is 4.48. The average molecular weight is 385 g/mol. The first kappa shape index (κ1) is 16.4. The summed E-state index contributed by atoms with van der Waals surface area (Å²) in [7, 11) is 0. The minimum Gasteiger partial charge on any atom is -0.348 e. The first-order chi connectivity index (χ1) is 11.6. The number of nitrogens with one attached hydrogen (secondary N) is 1. The first-order valence-electron chi connectivity index (χ1n) is 7.55. The molecule has 0 fully saturated rings. The Morgan fingerprint density at radius 2 is 1.96 bits per heavy atom. The van der Waals surface area contributed by atoms with E-state index in [0.717, 1.165) is 27.1 Å². The molecular formula is C18H17BrN4O. The number of carbonyl (C=O) groups excluding carboxylic acids is 1. The fourth-order valence-corrected chi connectivity index (χ4v) is 2.92. The van der Waals surface area contributed by atoms with Crippen LogP contribution >= 0.6 is 15.9 Å². The third-order valence-corrected chi connectivity index (χ3v) is 4.27. The van der Waals surface area contributed by atoms with Crippen molar-refractivity contribution in [3.05, 3.63) is 75.8 Å². The molecule has 0 aliphatic heterocycles. The van der Waals surface area contributed by atoms with Gasteiger partial charge in [0.25, 0.3) is 5.91 Å². The van der Waals surface area contributed by atoms with Gasteiger partial charge in [-0.05, 0) is 48.0 Å².